The topological polar surface area (TPSA) is 277 Å². The van der Waals surface area contributed by atoms with Gasteiger partial charge in [-0.05, 0) is 108 Å². The predicted molar refractivity (Wildman–Crippen MR) is 267 cm³/mol. The van der Waals surface area contributed by atoms with Crippen molar-refractivity contribution >= 4 is 60.6 Å². The van der Waals surface area contributed by atoms with E-state index >= 15 is 0 Å². The van der Waals surface area contributed by atoms with Crippen molar-refractivity contribution in [2.45, 2.75) is 32.7 Å². The number of primary amides is 1. The molecule has 0 saturated heterocycles. The molecule has 0 saturated carbocycles. The van der Waals surface area contributed by atoms with E-state index in [1.807, 2.05) is 30.3 Å². The second-order valence-corrected chi connectivity index (χ2v) is 20.2. The quantitative estimate of drug-likeness (QED) is 0.0966. The number of benzene rings is 6. The van der Waals surface area contributed by atoms with E-state index in [1.165, 1.54) is 60.7 Å². The van der Waals surface area contributed by atoms with Gasteiger partial charge in [0.15, 0.2) is 0 Å². The van der Waals surface area contributed by atoms with Gasteiger partial charge in [-0.3, -0.25) is 33.9 Å². The molecule has 2 aromatic heterocycles. The van der Waals surface area contributed by atoms with Crippen LogP contribution in [0.15, 0.2) is 190 Å². The maximum absolute atomic E-state index is 13.1. The lowest BCUT2D eigenvalue weighted by Crippen LogP contribution is -2.23. The number of hydrogen-bond donors (Lipinski definition) is 5. The molecule has 2 aliphatic heterocycles. The molecule has 6 N–H and O–H groups in total. The van der Waals surface area contributed by atoms with Crippen molar-refractivity contribution in [2.24, 2.45) is 5.73 Å². The molecule has 0 unspecified atom stereocenters. The summed E-state index contributed by atoms with van der Waals surface area (Å²) in [4.78, 5) is 70.6. The number of fused-ring (bicyclic) bond motifs is 4. The van der Waals surface area contributed by atoms with Gasteiger partial charge in [0, 0.05) is 53.3 Å². The summed E-state index contributed by atoms with van der Waals surface area (Å²) >= 11 is 0. The van der Waals surface area contributed by atoms with E-state index in [1.54, 1.807) is 79.1 Å². The molecular weight excluding hydrogens is 969 g/mol. The van der Waals surface area contributed by atoms with Gasteiger partial charge in [-0.1, -0.05) is 60.7 Å². The number of amides is 5. The van der Waals surface area contributed by atoms with Crippen molar-refractivity contribution in [3.05, 3.63) is 215 Å². The third kappa shape index (κ3) is 10.0. The van der Waals surface area contributed by atoms with E-state index in [2.05, 4.69) is 37.3 Å². The van der Waals surface area contributed by atoms with Gasteiger partial charge in [-0.15, -0.1) is 0 Å². The molecule has 360 valence electrons. The number of nitrogens with zero attached hydrogens (tertiary/aromatic N) is 3. The highest BCUT2D eigenvalue weighted by Crippen LogP contribution is 2.36. The first kappa shape index (κ1) is 48.4. The van der Waals surface area contributed by atoms with Crippen molar-refractivity contribution < 1.29 is 40.8 Å². The fourth-order valence-electron chi connectivity index (χ4n) is 7.89. The number of sulfone groups is 2. The van der Waals surface area contributed by atoms with Crippen LogP contribution in [0.4, 0.5) is 11.4 Å². The Morgan fingerprint density at radius 2 is 0.932 bits per heavy atom. The van der Waals surface area contributed by atoms with Gasteiger partial charge in [0.05, 0.1) is 65.1 Å². The third-order valence-corrected chi connectivity index (χ3v) is 15.5. The van der Waals surface area contributed by atoms with Crippen LogP contribution in [0.3, 0.4) is 0 Å². The fraction of sp³-hybridized carbons (Fsp3) is 0.0370. The standard InChI is InChI=1S/C27H20N4O5S.C27H18N4O4S/c28-25(32)18-8-6-17(7-9-18)21-11-5-16(14-29-21)15-30-26(33)19-10-12-24-22(13-19)31-27(34)20-3-1-2-4-23(20)37(24,35)36;28-14-17-5-8-19(9-6-17)22-11-7-18(15-29-22)16-30-26(32)20-10-12-25-23(13-20)31-27(33)21-3-1-2-4-24(21)36(25,34)35/h1-14H,15H2,(H2,28,32)(H,30,33)(H,31,34);1-13,15H,16H2,(H,30,32)(H,31,33). The van der Waals surface area contributed by atoms with Gasteiger partial charge in [0.1, 0.15) is 0 Å². The van der Waals surface area contributed by atoms with Crippen LogP contribution in [0.1, 0.15) is 68.5 Å². The SMILES string of the molecule is N#Cc1ccc(-c2ccc(CNC(=O)c3ccc4c(c3)NC(=O)c3ccccc3S4(=O)=O)cn2)cc1.NC(=O)c1ccc(-c2ccc(CNC(=O)c3ccc4c(c3)NC(=O)c3ccccc3S4(=O)=O)cn2)cc1. The zero-order valence-electron chi connectivity index (χ0n) is 38.0. The molecule has 0 radical (unpaired) electrons. The first-order valence-corrected chi connectivity index (χ1v) is 25.0. The number of nitrogens with two attached hydrogens (primary N) is 1. The summed E-state index contributed by atoms with van der Waals surface area (Å²) in [5.41, 5.74) is 11.4. The number of carbonyl (C=O) groups is 5. The minimum Gasteiger partial charge on any atom is -0.366 e. The molecule has 0 atom stereocenters. The normalized spacial score (nSPS) is 13.4. The molecule has 0 spiro atoms. The first-order chi connectivity index (χ1) is 35.1. The van der Waals surface area contributed by atoms with E-state index in [9.17, 15) is 40.8 Å². The molecule has 5 amide bonds. The van der Waals surface area contributed by atoms with Crippen LogP contribution in [0, 0.1) is 11.3 Å². The van der Waals surface area contributed by atoms with Gasteiger partial charge >= 0.3 is 0 Å². The maximum atomic E-state index is 13.1. The number of carbonyl (C=O) groups excluding carboxylic acids is 5. The van der Waals surface area contributed by atoms with Crippen LogP contribution in [0.25, 0.3) is 22.5 Å². The molecular formula is C54H38N8O9S2. The molecule has 8 aromatic rings. The van der Waals surface area contributed by atoms with E-state index in [0.29, 0.717) is 16.8 Å². The van der Waals surface area contributed by atoms with Crippen molar-refractivity contribution in [3.8, 4) is 28.6 Å². The van der Waals surface area contributed by atoms with Crippen molar-refractivity contribution in [2.75, 3.05) is 10.6 Å². The number of pyridine rings is 2. The molecule has 2 aliphatic rings. The summed E-state index contributed by atoms with van der Waals surface area (Å²) in [7, 11) is -7.89. The number of hydrogen-bond acceptors (Lipinski definition) is 12. The Hall–Kier alpha value is -9.64. The lowest BCUT2D eigenvalue weighted by atomic mass is 10.1. The first-order valence-electron chi connectivity index (χ1n) is 22.1. The molecule has 19 heteroatoms. The van der Waals surface area contributed by atoms with Crippen molar-refractivity contribution in [1.82, 2.24) is 20.6 Å². The van der Waals surface area contributed by atoms with Crippen LogP contribution >= 0.6 is 0 Å². The smallest absolute Gasteiger partial charge is 0.257 e. The lowest BCUT2D eigenvalue weighted by molar-refractivity contribution is 0.0942. The summed E-state index contributed by atoms with van der Waals surface area (Å²) in [5.74, 6) is -2.50. The molecule has 73 heavy (non-hydrogen) atoms. The average Bonchev–Trinajstić information content (AvgIpc) is 3.55. The minimum atomic E-state index is -3.95. The van der Waals surface area contributed by atoms with Gasteiger partial charge in [0.25, 0.3) is 23.6 Å². The zero-order valence-corrected chi connectivity index (χ0v) is 39.6. The van der Waals surface area contributed by atoms with E-state index < -0.39 is 49.2 Å². The van der Waals surface area contributed by atoms with Crippen LogP contribution in [-0.2, 0) is 32.8 Å². The van der Waals surface area contributed by atoms with Gasteiger partial charge in [0.2, 0.25) is 25.6 Å². The Morgan fingerprint density at radius 3 is 1.33 bits per heavy atom. The van der Waals surface area contributed by atoms with Crippen LogP contribution in [0.2, 0.25) is 0 Å². The highest BCUT2D eigenvalue weighted by molar-refractivity contribution is 7.92. The second kappa shape index (κ2) is 20.0. The number of nitrogens with one attached hydrogen (secondary N) is 4. The van der Waals surface area contributed by atoms with Gasteiger partial charge in [-0.25, -0.2) is 16.8 Å². The second-order valence-electron chi connectivity index (χ2n) is 16.4. The van der Waals surface area contributed by atoms with Gasteiger partial charge < -0.3 is 27.0 Å². The molecule has 0 fully saturated rings. The minimum absolute atomic E-state index is 0.0437. The molecule has 4 heterocycles. The van der Waals surface area contributed by atoms with E-state index in [-0.39, 0.29) is 66.3 Å². The molecule has 0 aliphatic carbocycles. The van der Waals surface area contributed by atoms with Crippen molar-refractivity contribution in [3.63, 3.8) is 0 Å². The molecule has 0 bridgehead atoms. The van der Waals surface area contributed by atoms with E-state index in [4.69, 9.17) is 11.0 Å². The molecule has 6 aromatic carbocycles. The number of anilines is 2. The Bertz CT molecular complexity index is 3820. The Balaban J connectivity index is 0.000000180. The molecule has 17 nitrogen and oxygen atoms in total. The van der Waals surface area contributed by atoms with Crippen LogP contribution < -0.4 is 27.0 Å². The fourth-order valence-corrected chi connectivity index (χ4v) is 11.1. The number of rotatable bonds is 9. The Kier molecular flexibility index (Phi) is 13.3. The zero-order chi connectivity index (χ0) is 51.4. The number of nitriles is 1. The summed E-state index contributed by atoms with van der Waals surface area (Å²) in [6.45, 7) is 0.382. The highest BCUT2D eigenvalue weighted by Gasteiger charge is 2.33. The largest absolute Gasteiger partial charge is 0.366 e. The van der Waals surface area contributed by atoms with E-state index in [0.717, 1.165) is 27.9 Å². The van der Waals surface area contributed by atoms with Crippen molar-refractivity contribution in [1.29, 1.82) is 5.26 Å². The summed E-state index contributed by atoms with van der Waals surface area (Å²) in [5, 5.41) is 19.7. The Morgan fingerprint density at radius 1 is 0.521 bits per heavy atom. The monoisotopic (exact) mass is 1010 g/mol. The van der Waals surface area contributed by atoms with Gasteiger partial charge in [-0.2, -0.15) is 5.26 Å². The number of aromatic nitrogens is 2. The predicted octanol–water partition coefficient (Wildman–Crippen LogP) is 7.12. The summed E-state index contributed by atoms with van der Waals surface area (Å²) < 4.78 is 52.4. The molecule has 10 rings (SSSR count). The Labute approximate surface area is 417 Å². The summed E-state index contributed by atoms with van der Waals surface area (Å²) in [6.07, 6.45) is 3.27. The van der Waals surface area contributed by atoms with Crippen LogP contribution in [0.5, 0.6) is 0 Å². The lowest BCUT2D eigenvalue weighted by Gasteiger charge is -2.10. The third-order valence-electron chi connectivity index (χ3n) is 11.7. The average molecular weight is 1010 g/mol. The van der Waals surface area contributed by atoms with Crippen LogP contribution in [-0.4, -0.2) is 56.3 Å². The maximum Gasteiger partial charge on any atom is 0.257 e. The summed E-state index contributed by atoms with van der Waals surface area (Å²) in [6, 6.07) is 43.3. The highest BCUT2D eigenvalue weighted by atomic mass is 32.2.